The van der Waals surface area contributed by atoms with Crippen LogP contribution in [0.1, 0.15) is 23.2 Å². The van der Waals surface area contributed by atoms with Crippen LogP contribution in [0.15, 0.2) is 47.4 Å². The lowest BCUT2D eigenvalue weighted by atomic mass is 10.1. The average Bonchev–Trinajstić information content (AvgIpc) is 2.78. The summed E-state index contributed by atoms with van der Waals surface area (Å²) in [5, 5.41) is 8.66. The fourth-order valence-corrected chi connectivity index (χ4v) is 4.21. The first-order chi connectivity index (χ1) is 15.6. The highest BCUT2D eigenvalue weighted by Gasteiger charge is 2.21. The Bertz CT molecular complexity index is 1110. The summed E-state index contributed by atoms with van der Waals surface area (Å²) >= 11 is 0. The number of carboxylic acids is 1. The topological polar surface area (TPSA) is 104 Å². The second-order valence-electron chi connectivity index (χ2n) is 7.90. The Morgan fingerprint density at radius 3 is 2.17 bits per heavy atom. The van der Waals surface area contributed by atoms with Gasteiger partial charge in [0.25, 0.3) is 0 Å². The minimum absolute atomic E-state index is 0. The molecule has 0 unspecified atom stereocenters. The zero-order valence-electron chi connectivity index (χ0n) is 19.2. The normalized spacial score (nSPS) is 13.9. The van der Waals surface area contributed by atoms with Crippen molar-refractivity contribution in [3.63, 3.8) is 0 Å². The highest BCUT2D eigenvalue weighted by Crippen LogP contribution is 2.24. The van der Waals surface area contributed by atoms with Gasteiger partial charge in [0.1, 0.15) is 18.2 Å². The predicted octanol–water partition coefficient (Wildman–Crippen LogP) is 3.32. The summed E-state index contributed by atoms with van der Waals surface area (Å²) in [7, 11) is -3.45. The van der Waals surface area contributed by atoms with Crippen LogP contribution in [0.2, 0.25) is 0 Å². The molecule has 0 bridgehead atoms. The number of carboxylic acid groups (broad SMARTS) is 1. The van der Waals surface area contributed by atoms with Gasteiger partial charge in [0, 0.05) is 51.0 Å². The number of carbonyl (C=O) groups is 2. The zero-order chi connectivity index (χ0) is 24.0. The molecule has 2 aromatic carbocycles. The van der Waals surface area contributed by atoms with Gasteiger partial charge < -0.3 is 14.7 Å². The summed E-state index contributed by atoms with van der Waals surface area (Å²) in [5.41, 5.74) is 0.854. The maximum atomic E-state index is 14.4. The molecule has 1 aliphatic rings. The molecular weight excluding hydrogens is 522 g/mol. The Kier molecular flexibility index (Phi) is 11.9. The van der Waals surface area contributed by atoms with Crippen LogP contribution >= 0.6 is 24.8 Å². The number of ether oxygens (including phenoxy) is 1. The van der Waals surface area contributed by atoms with E-state index in [0.717, 1.165) is 12.3 Å². The lowest BCUT2D eigenvalue weighted by molar-refractivity contribution is -0.136. The van der Waals surface area contributed by atoms with Crippen LogP contribution in [0.5, 0.6) is 5.75 Å². The van der Waals surface area contributed by atoms with Gasteiger partial charge in [-0.1, -0.05) is 0 Å². The van der Waals surface area contributed by atoms with Crippen molar-refractivity contribution in [3.8, 4) is 5.75 Å². The molecule has 35 heavy (non-hydrogen) atoms. The summed E-state index contributed by atoms with van der Waals surface area (Å²) < 4.78 is 43.3. The third-order valence-corrected chi connectivity index (χ3v) is 6.59. The summed E-state index contributed by atoms with van der Waals surface area (Å²) in [5.74, 6) is -1.14. The van der Waals surface area contributed by atoms with Gasteiger partial charge in [-0.05, 0) is 42.5 Å². The highest BCUT2D eigenvalue weighted by molar-refractivity contribution is 7.90. The lowest BCUT2D eigenvalue weighted by Gasteiger charge is -2.36. The molecule has 2 aromatic rings. The van der Waals surface area contributed by atoms with Crippen molar-refractivity contribution in [3.05, 3.63) is 53.8 Å². The van der Waals surface area contributed by atoms with E-state index in [1.807, 2.05) is 4.90 Å². The molecule has 1 aliphatic heterocycles. The number of hydrogen-bond acceptors (Lipinski definition) is 7. The van der Waals surface area contributed by atoms with Crippen LogP contribution in [0.4, 0.5) is 10.1 Å². The molecule has 194 valence electrons. The van der Waals surface area contributed by atoms with Crippen molar-refractivity contribution in [2.45, 2.75) is 17.7 Å². The molecule has 0 atom stereocenters. The third kappa shape index (κ3) is 8.96. The van der Waals surface area contributed by atoms with E-state index in [0.29, 0.717) is 56.3 Å². The number of nitrogens with zero attached hydrogens (tertiary/aromatic N) is 2. The number of benzene rings is 2. The molecule has 8 nitrogen and oxygen atoms in total. The number of aliphatic carboxylic acids is 1. The van der Waals surface area contributed by atoms with Crippen LogP contribution in [0.25, 0.3) is 0 Å². The number of piperazine rings is 1. The molecule has 0 aromatic heterocycles. The summed E-state index contributed by atoms with van der Waals surface area (Å²) in [6, 6.07) is 10.6. The first-order valence-electron chi connectivity index (χ1n) is 10.6. The Hall–Kier alpha value is -2.40. The lowest BCUT2D eigenvalue weighted by Crippen LogP contribution is -2.47. The monoisotopic (exact) mass is 550 g/mol. The number of rotatable bonds is 10. The van der Waals surface area contributed by atoms with Gasteiger partial charge in [-0.15, -0.1) is 24.8 Å². The van der Waals surface area contributed by atoms with Crippen LogP contribution in [0.3, 0.4) is 0 Å². The quantitative estimate of drug-likeness (QED) is 0.449. The molecular formula is C23H29Cl2FN2O6S. The standard InChI is InChI=1S/C23H27FN2O6S.2ClH/c1-33(30,31)19-6-7-21(20(24)16-19)26-12-10-25(11-13-26)14-15-32-18-4-2-17(3-5-18)22(27)8-9-23(28)29;;/h2-7,16H,8-15H2,1H3,(H,28,29);2*1H. The first-order valence-corrected chi connectivity index (χ1v) is 12.5. The van der Waals surface area contributed by atoms with Crippen molar-refractivity contribution < 1.29 is 32.2 Å². The summed E-state index contributed by atoms with van der Waals surface area (Å²) in [4.78, 5) is 26.6. The Balaban J connectivity index is 0.00000306. The summed E-state index contributed by atoms with van der Waals surface area (Å²) in [6.45, 7) is 3.79. The van der Waals surface area contributed by atoms with Gasteiger partial charge in [0.15, 0.2) is 15.6 Å². The van der Waals surface area contributed by atoms with E-state index in [1.54, 1.807) is 24.3 Å². The van der Waals surface area contributed by atoms with Crippen LogP contribution < -0.4 is 9.64 Å². The van der Waals surface area contributed by atoms with Crippen LogP contribution in [-0.4, -0.2) is 75.8 Å². The predicted molar refractivity (Wildman–Crippen MR) is 136 cm³/mol. The zero-order valence-corrected chi connectivity index (χ0v) is 21.6. The molecule has 0 radical (unpaired) electrons. The third-order valence-electron chi connectivity index (χ3n) is 5.48. The van der Waals surface area contributed by atoms with E-state index in [4.69, 9.17) is 9.84 Å². The van der Waals surface area contributed by atoms with Crippen molar-refractivity contribution in [2.24, 2.45) is 0 Å². The maximum Gasteiger partial charge on any atom is 0.303 e. The first kappa shape index (κ1) is 30.6. The molecule has 0 aliphatic carbocycles. The number of hydrogen-bond donors (Lipinski definition) is 1. The van der Waals surface area contributed by atoms with Gasteiger partial charge in [-0.25, -0.2) is 12.8 Å². The van der Waals surface area contributed by atoms with E-state index in [1.165, 1.54) is 12.1 Å². The maximum absolute atomic E-state index is 14.4. The largest absolute Gasteiger partial charge is 0.492 e. The molecule has 0 amide bonds. The molecule has 1 heterocycles. The number of halogens is 3. The van der Waals surface area contributed by atoms with Gasteiger partial charge >= 0.3 is 5.97 Å². The smallest absolute Gasteiger partial charge is 0.303 e. The highest BCUT2D eigenvalue weighted by atomic mass is 35.5. The Morgan fingerprint density at radius 2 is 1.63 bits per heavy atom. The van der Waals surface area contributed by atoms with E-state index in [9.17, 15) is 22.4 Å². The molecule has 0 saturated carbocycles. The number of ketones is 1. The fraction of sp³-hybridized carbons (Fsp3) is 0.391. The minimum Gasteiger partial charge on any atom is -0.492 e. The average molecular weight is 551 g/mol. The number of carbonyl (C=O) groups excluding carboxylic acids is 1. The van der Waals surface area contributed by atoms with Crippen molar-refractivity contribution >= 4 is 52.1 Å². The number of Topliss-reactive ketones (excluding diaryl/α,β-unsaturated/α-hetero) is 1. The van der Waals surface area contributed by atoms with Gasteiger partial charge in [-0.3, -0.25) is 14.5 Å². The number of anilines is 1. The molecule has 12 heteroatoms. The van der Waals surface area contributed by atoms with E-state index in [-0.39, 0.29) is 48.3 Å². The minimum atomic E-state index is -3.45. The van der Waals surface area contributed by atoms with Gasteiger partial charge in [-0.2, -0.15) is 0 Å². The summed E-state index contributed by atoms with van der Waals surface area (Å²) in [6.07, 6.45) is 0.828. The van der Waals surface area contributed by atoms with Crippen molar-refractivity contribution in [2.75, 3.05) is 50.5 Å². The van der Waals surface area contributed by atoms with E-state index < -0.39 is 21.6 Å². The molecule has 1 N–H and O–H groups in total. The molecule has 3 rings (SSSR count). The van der Waals surface area contributed by atoms with Crippen molar-refractivity contribution in [1.82, 2.24) is 4.90 Å². The van der Waals surface area contributed by atoms with Crippen LogP contribution in [0, 0.1) is 5.82 Å². The van der Waals surface area contributed by atoms with Gasteiger partial charge in [0.05, 0.1) is 17.0 Å². The molecule has 0 spiro atoms. The SMILES string of the molecule is CS(=O)(=O)c1ccc(N2CCN(CCOc3ccc(C(=O)CCC(=O)O)cc3)CC2)c(F)c1.Cl.Cl. The molecule has 1 saturated heterocycles. The Labute approximate surface area is 216 Å². The molecule has 1 fully saturated rings. The van der Waals surface area contributed by atoms with Crippen molar-refractivity contribution in [1.29, 1.82) is 0 Å². The second-order valence-corrected chi connectivity index (χ2v) is 9.92. The van der Waals surface area contributed by atoms with Crippen LogP contribution in [-0.2, 0) is 14.6 Å². The van der Waals surface area contributed by atoms with E-state index in [2.05, 4.69) is 4.90 Å². The van der Waals surface area contributed by atoms with E-state index >= 15 is 0 Å². The Morgan fingerprint density at radius 1 is 1.00 bits per heavy atom. The fourth-order valence-electron chi connectivity index (χ4n) is 3.58. The second kappa shape index (κ2) is 13.6. The van der Waals surface area contributed by atoms with Gasteiger partial charge in [0.2, 0.25) is 0 Å². The number of sulfone groups is 1.